The van der Waals surface area contributed by atoms with Gasteiger partial charge in [-0.25, -0.2) is 4.79 Å². The molecule has 2 aliphatic carbocycles. The lowest BCUT2D eigenvalue weighted by Crippen LogP contribution is -2.46. The van der Waals surface area contributed by atoms with Crippen LogP contribution in [-0.2, 0) is 9.59 Å². The second kappa shape index (κ2) is 13.9. The number of rotatable bonds is 11. The second-order valence-electron chi connectivity index (χ2n) is 10.6. The lowest BCUT2D eigenvalue weighted by molar-refractivity contribution is -0.137. The van der Waals surface area contributed by atoms with Gasteiger partial charge < -0.3 is 15.1 Å². The monoisotopic (exact) mass is 461 g/mol. The van der Waals surface area contributed by atoms with E-state index in [0.29, 0.717) is 24.5 Å². The molecule has 2 saturated carbocycles. The Morgan fingerprint density at radius 2 is 1.52 bits per heavy atom. The molecule has 5 heteroatoms. The molecule has 0 aliphatic heterocycles. The Labute approximate surface area is 201 Å². The first kappa shape index (κ1) is 27.6. The van der Waals surface area contributed by atoms with Crippen molar-refractivity contribution in [2.75, 3.05) is 0 Å². The van der Waals surface area contributed by atoms with Crippen LogP contribution in [0.15, 0.2) is 22.9 Å². The van der Waals surface area contributed by atoms with E-state index in [0.717, 1.165) is 56.9 Å². The van der Waals surface area contributed by atoms with Gasteiger partial charge in [-0.05, 0) is 90.0 Å². The average molecular weight is 462 g/mol. The summed E-state index contributed by atoms with van der Waals surface area (Å²) < 4.78 is 0. The molecule has 2 aliphatic rings. The van der Waals surface area contributed by atoms with Gasteiger partial charge in [0, 0.05) is 12.0 Å². The van der Waals surface area contributed by atoms with Gasteiger partial charge in [0.1, 0.15) is 0 Å². The van der Waals surface area contributed by atoms with Gasteiger partial charge in [-0.15, -0.1) is 0 Å². The summed E-state index contributed by atoms with van der Waals surface area (Å²) in [5.74, 6) is -0.265. The Bertz CT molecular complexity index is 695. The zero-order chi connectivity index (χ0) is 24.4. The zero-order valence-corrected chi connectivity index (χ0v) is 21.4. The predicted molar refractivity (Wildman–Crippen MR) is 134 cm³/mol. The largest absolute Gasteiger partial charge is 0.478 e. The third-order valence-corrected chi connectivity index (χ3v) is 7.66. The molecule has 0 heterocycles. The molecule has 0 aromatic rings. The van der Waals surface area contributed by atoms with Crippen molar-refractivity contribution in [1.29, 1.82) is 0 Å². The molecule has 0 aromatic heterocycles. The van der Waals surface area contributed by atoms with Gasteiger partial charge in [0.05, 0.1) is 17.4 Å². The molecule has 5 nitrogen and oxygen atoms in total. The summed E-state index contributed by atoms with van der Waals surface area (Å²) >= 11 is 0. The normalized spacial score (nSPS) is 27.1. The van der Waals surface area contributed by atoms with Gasteiger partial charge in [0.2, 0.25) is 5.91 Å². The third kappa shape index (κ3) is 8.59. The van der Waals surface area contributed by atoms with Crippen LogP contribution in [0, 0.1) is 11.8 Å². The van der Waals surface area contributed by atoms with Gasteiger partial charge in [-0.3, -0.25) is 4.79 Å². The van der Waals surface area contributed by atoms with Crippen molar-refractivity contribution in [2.45, 2.75) is 130 Å². The number of carbonyl (C=O) groups excluding carboxylic acids is 1. The van der Waals surface area contributed by atoms with E-state index in [9.17, 15) is 19.8 Å². The molecule has 188 valence electrons. The van der Waals surface area contributed by atoms with Crippen LogP contribution in [-0.4, -0.2) is 39.1 Å². The highest BCUT2D eigenvalue weighted by atomic mass is 16.4. The first-order valence-corrected chi connectivity index (χ1v) is 13.4. The van der Waals surface area contributed by atoms with Gasteiger partial charge in [0.15, 0.2) is 0 Å². The molecule has 1 amide bonds. The molecule has 0 radical (unpaired) electrons. The van der Waals surface area contributed by atoms with Crippen LogP contribution in [0.4, 0.5) is 0 Å². The molecule has 0 bridgehead atoms. The number of carboxylic acid groups (broad SMARTS) is 1. The van der Waals surface area contributed by atoms with Gasteiger partial charge in [0.25, 0.3) is 0 Å². The van der Waals surface area contributed by atoms with Gasteiger partial charge in [-0.2, -0.15) is 0 Å². The Hall–Kier alpha value is -1.62. The molecular weight excluding hydrogens is 414 g/mol. The van der Waals surface area contributed by atoms with Crippen molar-refractivity contribution in [3.05, 3.63) is 22.9 Å². The van der Waals surface area contributed by atoms with Crippen molar-refractivity contribution in [1.82, 2.24) is 4.90 Å². The fourth-order valence-electron chi connectivity index (χ4n) is 5.30. The number of allylic oxidation sites excluding steroid dienone is 2. The number of nitrogens with zero attached hydrogens (tertiary/aromatic N) is 1. The van der Waals surface area contributed by atoms with Crippen molar-refractivity contribution in [3.8, 4) is 0 Å². The zero-order valence-electron chi connectivity index (χ0n) is 21.4. The third-order valence-electron chi connectivity index (χ3n) is 7.66. The maximum absolute atomic E-state index is 13.9. The van der Waals surface area contributed by atoms with E-state index in [1.165, 1.54) is 25.7 Å². The van der Waals surface area contributed by atoms with Crippen LogP contribution in [0.1, 0.15) is 118 Å². The molecule has 0 aromatic carbocycles. The highest BCUT2D eigenvalue weighted by molar-refractivity contribution is 5.90. The maximum Gasteiger partial charge on any atom is 0.333 e. The molecule has 2 fully saturated rings. The Kier molecular flexibility index (Phi) is 11.7. The molecular formula is C28H47NO4. The van der Waals surface area contributed by atoms with Gasteiger partial charge >= 0.3 is 5.97 Å². The number of carboxylic acids is 1. The number of hydrogen-bond acceptors (Lipinski definition) is 3. The summed E-state index contributed by atoms with van der Waals surface area (Å²) in [6.45, 7) is 8.14. The predicted octanol–water partition coefficient (Wildman–Crippen LogP) is 6.61. The van der Waals surface area contributed by atoms with E-state index in [2.05, 4.69) is 20.8 Å². The minimum absolute atomic E-state index is 0.0348. The Balaban J connectivity index is 2.32. The van der Waals surface area contributed by atoms with E-state index in [1.807, 2.05) is 11.0 Å². The second-order valence-corrected chi connectivity index (χ2v) is 10.6. The minimum Gasteiger partial charge on any atom is -0.478 e. The van der Waals surface area contributed by atoms with Crippen molar-refractivity contribution in [2.24, 2.45) is 11.8 Å². The van der Waals surface area contributed by atoms with E-state index in [4.69, 9.17) is 0 Å². The Morgan fingerprint density at radius 1 is 0.909 bits per heavy atom. The summed E-state index contributed by atoms with van der Waals surface area (Å²) in [5, 5.41) is 19.9. The molecule has 33 heavy (non-hydrogen) atoms. The van der Waals surface area contributed by atoms with Crippen molar-refractivity contribution < 1.29 is 19.8 Å². The highest BCUT2D eigenvalue weighted by Gasteiger charge is 2.36. The topological polar surface area (TPSA) is 77.8 Å². The van der Waals surface area contributed by atoms with Crippen LogP contribution in [0.3, 0.4) is 0 Å². The lowest BCUT2D eigenvalue weighted by Gasteiger charge is -2.40. The number of hydrogen-bond donors (Lipinski definition) is 2. The summed E-state index contributed by atoms with van der Waals surface area (Å²) in [7, 11) is 0. The molecule has 0 atom stereocenters. The number of aliphatic hydroxyl groups is 1. The fourth-order valence-corrected chi connectivity index (χ4v) is 5.30. The number of aliphatic hydroxyl groups excluding tert-OH is 1. The van der Waals surface area contributed by atoms with Crippen molar-refractivity contribution in [3.63, 3.8) is 0 Å². The van der Waals surface area contributed by atoms with Crippen LogP contribution in [0.2, 0.25) is 0 Å². The first-order chi connectivity index (χ1) is 15.7. The summed E-state index contributed by atoms with van der Waals surface area (Å²) in [4.78, 5) is 27.8. The molecule has 0 saturated heterocycles. The van der Waals surface area contributed by atoms with Gasteiger partial charge in [-0.1, -0.05) is 45.1 Å². The Morgan fingerprint density at radius 3 is 2.09 bits per heavy atom. The molecule has 0 spiro atoms. The molecule has 0 unspecified atom stereocenters. The minimum atomic E-state index is -0.970. The standard InChI is InChI=1S/C28H47NO4/c1-5-6-7-8-9-10-21(3)19-26(22(4)28(32)33)29(24-15-17-25(30)18-16-24)27(31)23-13-11-20(2)12-14-23/h19-20,23-25,30H,5-18H2,1-4H3,(H,32,33)/b21-19+,26-22-. The van der Waals surface area contributed by atoms with Crippen LogP contribution < -0.4 is 0 Å². The summed E-state index contributed by atoms with van der Waals surface area (Å²) in [6, 6.07) is -0.0434. The number of carbonyl (C=O) groups is 2. The number of unbranched alkanes of at least 4 members (excludes halogenated alkanes) is 4. The van der Waals surface area contributed by atoms with Crippen molar-refractivity contribution >= 4 is 11.9 Å². The number of aliphatic carboxylic acids is 1. The summed E-state index contributed by atoms with van der Waals surface area (Å²) in [5.41, 5.74) is 1.94. The van der Waals surface area contributed by atoms with Crippen LogP contribution in [0.25, 0.3) is 0 Å². The van der Waals surface area contributed by atoms with E-state index >= 15 is 0 Å². The summed E-state index contributed by atoms with van der Waals surface area (Å²) in [6.07, 6.45) is 15.2. The first-order valence-electron chi connectivity index (χ1n) is 13.4. The smallest absolute Gasteiger partial charge is 0.333 e. The van der Waals surface area contributed by atoms with E-state index < -0.39 is 5.97 Å². The quantitative estimate of drug-likeness (QED) is 0.206. The van der Waals surface area contributed by atoms with Crippen LogP contribution >= 0.6 is 0 Å². The fraction of sp³-hybridized carbons (Fsp3) is 0.786. The van der Waals surface area contributed by atoms with E-state index in [1.54, 1.807) is 6.92 Å². The van der Waals surface area contributed by atoms with Crippen LogP contribution in [0.5, 0.6) is 0 Å². The highest BCUT2D eigenvalue weighted by Crippen LogP contribution is 2.35. The van der Waals surface area contributed by atoms with E-state index in [-0.39, 0.29) is 29.5 Å². The SMILES string of the molecule is CCCCCCC/C(C)=C/C(=C(\C)C(=O)O)N(C(=O)C1CCC(C)CC1)C1CCC(O)CC1. The maximum atomic E-state index is 13.9. The average Bonchev–Trinajstić information content (AvgIpc) is 2.79. The molecule has 2 N–H and O–H groups in total. The number of amides is 1. The lowest BCUT2D eigenvalue weighted by atomic mass is 9.81. The molecule has 2 rings (SSSR count).